The zero-order valence-electron chi connectivity index (χ0n) is 10.2. The molecule has 4 heteroatoms. The molecule has 1 heterocycles. The number of nitrogens with zero attached hydrogens (tertiary/aromatic N) is 2. The molecule has 1 saturated heterocycles. The molecule has 0 aromatic carbocycles. The summed E-state index contributed by atoms with van der Waals surface area (Å²) in [4.78, 5) is 26.8. The third-order valence-corrected chi connectivity index (χ3v) is 2.81. The van der Waals surface area contributed by atoms with Gasteiger partial charge in [-0.05, 0) is 26.7 Å². The molecule has 0 atom stereocenters. The standard InChI is InChI=1S/C12H20N2O2/c1-4-13(10(2)3)12(16)14-9-7-5-6-8-11(14)15/h2,4-9H2,1,3H3. The SMILES string of the molecule is C=C(C)N(CC)C(=O)N1CCCCCC1=O. The average Bonchev–Trinajstić information content (AvgIpc) is 2.43. The van der Waals surface area contributed by atoms with Gasteiger partial charge in [0.1, 0.15) is 0 Å². The molecule has 1 aliphatic rings. The van der Waals surface area contributed by atoms with Crippen LogP contribution in [0.4, 0.5) is 4.79 Å². The number of hydrogen-bond acceptors (Lipinski definition) is 2. The number of likely N-dealkylation sites (tertiary alicyclic amines) is 1. The second kappa shape index (κ2) is 5.68. The van der Waals surface area contributed by atoms with Crippen molar-refractivity contribution < 1.29 is 9.59 Å². The molecule has 0 saturated carbocycles. The first kappa shape index (κ1) is 12.7. The van der Waals surface area contributed by atoms with Crippen LogP contribution in [0.5, 0.6) is 0 Å². The second-order valence-electron chi connectivity index (χ2n) is 4.12. The third-order valence-electron chi connectivity index (χ3n) is 2.81. The van der Waals surface area contributed by atoms with Gasteiger partial charge in [0.15, 0.2) is 0 Å². The lowest BCUT2D eigenvalue weighted by Gasteiger charge is -2.27. The Balaban J connectivity index is 2.77. The molecule has 0 radical (unpaired) electrons. The van der Waals surface area contributed by atoms with E-state index in [4.69, 9.17) is 0 Å². The average molecular weight is 224 g/mol. The Morgan fingerprint density at radius 3 is 2.69 bits per heavy atom. The Bertz CT molecular complexity index is 299. The smallest absolute Gasteiger partial charge is 0.299 e. The lowest BCUT2D eigenvalue weighted by molar-refractivity contribution is -0.128. The number of allylic oxidation sites excluding steroid dienone is 1. The fourth-order valence-electron chi connectivity index (χ4n) is 1.90. The fraction of sp³-hybridized carbons (Fsp3) is 0.667. The summed E-state index contributed by atoms with van der Waals surface area (Å²) in [5.41, 5.74) is 0.685. The molecule has 0 aliphatic carbocycles. The maximum atomic E-state index is 12.1. The Morgan fingerprint density at radius 1 is 1.44 bits per heavy atom. The van der Waals surface area contributed by atoms with Crippen LogP contribution in [0.15, 0.2) is 12.3 Å². The maximum Gasteiger partial charge on any atom is 0.330 e. The zero-order chi connectivity index (χ0) is 12.1. The Morgan fingerprint density at radius 2 is 2.12 bits per heavy atom. The van der Waals surface area contributed by atoms with Crippen LogP contribution in [0.2, 0.25) is 0 Å². The van der Waals surface area contributed by atoms with Crippen molar-refractivity contribution in [1.82, 2.24) is 9.80 Å². The van der Waals surface area contributed by atoms with Gasteiger partial charge in [-0.25, -0.2) is 4.79 Å². The molecule has 4 nitrogen and oxygen atoms in total. The number of hydrogen-bond donors (Lipinski definition) is 0. The lowest BCUT2D eigenvalue weighted by atomic mass is 10.2. The van der Waals surface area contributed by atoms with Gasteiger partial charge in [-0.15, -0.1) is 0 Å². The summed E-state index contributed by atoms with van der Waals surface area (Å²) in [6, 6.07) is -0.220. The van der Waals surface area contributed by atoms with Crippen molar-refractivity contribution in [3.05, 3.63) is 12.3 Å². The van der Waals surface area contributed by atoms with Crippen molar-refractivity contribution in [2.24, 2.45) is 0 Å². The van der Waals surface area contributed by atoms with Gasteiger partial charge >= 0.3 is 6.03 Å². The first-order chi connectivity index (χ1) is 7.57. The summed E-state index contributed by atoms with van der Waals surface area (Å²) in [5, 5.41) is 0. The van der Waals surface area contributed by atoms with E-state index in [1.807, 2.05) is 6.92 Å². The van der Waals surface area contributed by atoms with Crippen molar-refractivity contribution in [3.63, 3.8) is 0 Å². The molecule has 0 bridgehead atoms. The largest absolute Gasteiger partial charge is 0.330 e. The monoisotopic (exact) mass is 224 g/mol. The van der Waals surface area contributed by atoms with Gasteiger partial charge in [-0.3, -0.25) is 14.6 Å². The van der Waals surface area contributed by atoms with Crippen LogP contribution in [0.1, 0.15) is 39.5 Å². The van der Waals surface area contributed by atoms with Crippen LogP contribution in [-0.4, -0.2) is 34.8 Å². The highest BCUT2D eigenvalue weighted by atomic mass is 16.2. The number of imide groups is 1. The molecular formula is C12H20N2O2. The van der Waals surface area contributed by atoms with E-state index in [9.17, 15) is 9.59 Å². The molecule has 0 spiro atoms. The maximum absolute atomic E-state index is 12.1. The van der Waals surface area contributed by atoms with Crippen LogP contribution in [-0.2, 0) is 4.79 Å². The molecule has 0 aromatic rings. The molecule has 1 aliphatic heterocycles. The molecule has 1 rings (SSSR count). The molecule has 0 N–H and O–H groups in total. The van der Waals surface area contributed by atoms with Crippen molar-refractivity contribution in [2.75, 3.05) is 13.1 Å². The zero-order valence-corrected chi connectivity index (χ0v) is 10.2. The number of amides is 3. The highest BCUT2D eigenvalue weighted by molar-refractivity contribution is 5.95. The van der Waals surface area contributed by atoms with Gasteiger partial charge in [0.2, 0.25) is 5.91 Å². The third kappa shape index (κ3) is 2.84. The molecular weight excluding hydrogens is 204 g/mol. The van der Waals surface area contributed by atoms with E-state index < -0.39 is 0 Å². The molecule has 90 valence electrons. The van der Waals surface area contributed by atoms with Gasteiger partial charge in [-0.1, -0.05) is 13.0 Å². The van der Waals surface area contributed by atoms with Crippen LogP contribution >= 0.6 is 0 Å². The van der Waals surface area contributed by atoms with Crippen LogP contribution in [0.25, 0.3) is 0 Å². The highest BCUT2D eigenvalue weighted by Crippen LogP contribution is 2.14. The van der Waals surface area contributed by atoms with Crippen LogP contribution < -0.4 is 0 Å². The Kier molecular flexibility index (Phi) is 4.52. The number of rotatable bonds is 2. The lowest BCUT2D eigenvalue weighted by Crippen LogP contribution is -2.45. The molecule has 0 aromatic heterocycles. The predicted molar refractivity (Wildman–Crippen MR) is 62.8 cm³/mol. The van der Waals surface area contributed by atoms with Gasteiger partial charge < -0.3 is 0 Å². The molecule has 3 amide bonds. The summed E-state index contributed by atoms with van der Waals surface area (Å²) >= 11 is 0. The summed E-state index contributed by atoms with van der Waals surface area (Å²) in [6.45, 7) is 8.52. The molecule has 0 unspecified atom stereocenters. The minimum atomic E-state index is -0.220. The first-order valence-electron chi connectivity index (χ1n) is 5.85. The van der Waals surface area contributed by atoms with E-state index in [-0.39, 0.29) is 11.9 Å². The van der Waals surface area contributed by atoms with E-state index >= 15 is 0 Å². The summed E-state index contributed by atoms with van der Waals surface area (Å²) < 4.78 is 0. The highest BCUT2D eigenvalue weighted by Gasteiger charge is 2.26. The van der Waals surface area contributed by atoms with Crippen molar-refractivity contribution in [2.45, 2.75) is 39.5 Å². The van der Waals surface area contributed by atoms with Crippen molar-refractivity contribution in [1.29, 1.82) is 0 Å². The van der Waals surface area contributed by atoms with E-state index in [2.05, 4.69) is 6.58 Å². The Hall–Kier alpha value is -1.32. The van der Waals surface area contributed by atoms with Gasteiger partial charge in [0.25, 0.3) is 0 Å². The molecule has 1 fully saturated rings. The van der Waals surface area contributed by atoms with E-state index in [0.717, 1.165) is 19.3 Å². The van der Waals surface area contributed by atoms with Crippen LogP contribution in [0.3, 0.4) is 0 Å². The minimum absolute atomic E-state index is 0.0535. The summed E-state index contributed by atoms with van der Waals surface area (Å²) in [6.07, 6.45) is 3.31. The van der Waals surface area contributed by atoms with Gasteiger partial charge in [-0.2, -0.15) is 0 Å². The van der Waals surface area contributed by atoms with Crippen LogP contribution in [0, 0.1) is 0 Å². The van der Waals surface area contributed by atoms with Gasteiger partial charge in [0.05, 0.1) is 0 Å². The number of carbonyl (C=O) groups is 2. The van der Waals surface area contributed by atoms with E-state index in [0.29, 0.717) is 25.2 Å². The summed E-state index contributed by atoms with van der Waals surface area (Å²) in [5.74, 6) is -0.0535. The van der Waals surface area contributed by atoms with Gasteiger partial charge in [0, 0.05) is 25.2 Å². The minimum Gasteiger partial charge on any atom is -0.299 e. The predicted octanol–water partition coefficient (Wildman–Crippen LogP) is 2.36. The first-order valence-corrected chi connectivity index (χ1v) is 5.85. The van der Waals surface area contributed by atoms with Crippen molar-refractivity contribution in [3.8, 4) is 0 Å². The van der Waals surface area contributed by atoms with E-state index in [1.165, 1.54) is 4.90 Å². The fourth-order valence-corrected chi connectivity index (χ4v) is 1.90. The van der Waals surface area contributed by atoms with Crippen molar-refractivity contribution >= 4 is 11.9 Å². The van der Waals surface area contributed by atoms with E-state index in [1.54, 1.807) is 11.8 Å². The molecule has 16 heavy (non-hydrogen) atoms. The number of urea groups is 1. The number of carbonyl (C=O) groups excluding carboxylic acids is 2. The Labute approximate surface area is 96.9 Å². The second-order valence-corrected chi connectivity index (χ2v) is 4.12. The quantitative estimate of drug-likeness (QED) is 0.722. The topological polar surface area (TPSA) is 40.6 Å². The normalized spacial score (nSPS) is 16.9. The summed E-state index contributed by atoms with van der Waals surface area (Å²) in [7, 11) is 0.